The van der Waals surface area contributed by atoms with E-state index in [1.165, 1.54) is 25.8 Å². The fourth-order valence-corrected chi connectivity index (χ4v) is 1.98. The Morgan fingerprint density at radius 2 is 2.20 bits per heavy atom. The molecular weight excluding hydrogens is 254 g/mol. The first-order valence-electron chi connectivity index (χ1n) is 5.67. The van der Waals surface area contributed by atoms with Gasteiger partial charge in [-0.15, -0.1) is 0 Å². The molecule has 1 heterocycles. The minimum Gasteiger partial charge on any atom is -0.468 e. The summed E-state index contributed by atoms with van der Waals surface area (Å²) in [6, 6.07) is 4.00. The average molecular weight is 274 g/mol. The molecule has 0 spiro atoms. The van der Waals surface area contributed by atoms with E-state index in [0.717, 1.165) is 24.2 Å². The molecule has 0 aliphatic heterocycles. The lowest BCUT2D eigenvalue weighted by Gasteiger charge is -2.18. The number of alkyl halides is 1. The molecule has 0 N–H and O–H groups in total. The largest absolute Gasteiger partial charge is 0.468 e. The molecule has 0 radical (unpaired) electrons. The number of nitrogens with zero attached hydrogens (tertiary/aromatic N) is 1. The third-order valence-electron chi connectivity index (χ3n) is 2.51. The van der Waals surface area contributed by atoms with Crippen molar-refractivity contribution in [2.45, 2.75) is 32.7 Å². The zero-order valence-electron chi connectivity index (χ0n) is 9.42. The smallest absolute Gasteiger partial charge is 0.117 e. The Hall–Kier alpha value is -0.280. The first-order chi connectivity index (χ1) is 7.36. The standard InChI is InChI=1S/C12H20BrNO/c1-2-14(9-5-3-4-8-13)11-12-7-6-10-15-12/h6-7,10H,2-5,8-9,11H2,1H3. The van der Waals surface area contributed by atoms with Crippen LogP contribution >= 0.6 is 15.9 Å². The van der Waals surface area contributed by atoms with Gasteiger partial charge in [0.1, 0.15) is 5.76 Å². The van der Waals surface area contributed by atoms with Gasteiger partial charge in [-0.2, -0.15) is 0 Å². The molecule has 0 amide bonds. The van der Waals surface area contributed by atoms with Crippen LogP contribution in [0.25, 0.3) is 0 Å². The molecule has 1 rings (SSSR count). The van der Waals surface area contributed by atoms with Crippen molar-refractivity contribution in [3.8, 4) is 0 Å². The van der Waals surface area contributed by atoms with Crippen LogP contribution in [0.4, 0.5) is 0 Å². The lowest BCUT2D eigenvalue weighted by molar-refractivity contribution is 0.251. The molecule has 0 saturated heterocycles. The highest BCUT2D eigenvalue weighted by Gasteiger charge is 2.04. The zero-order valence-corrected chi connectivity index (χ0v) is 11.0. The van der Waals surface area contributed by atoms with Crippen LogP contribution in [0.2, 0.25) is 0 Å². The number of furan rings is 1. The summed E-state index contributed by atoms with van der Waals surface area (Å²) in [6.07, 6.45) is 5.60. The first-order valence-corrected chi connectivity index (χ1v) is 6.79. The van der Waals surface area contributed by atoms with Gasteiger partial charge in [0, 0.05) is 5.33 Å². The second kappa shape index (κ2) is 7.94. The van der Waals surface area contributed by atoms with Gasteiger partial charge in [-0.1, -0.05) is 29.3 Å². The number of rotatable bonds is 8. The summed E-state index contributed by atoms with van der Waals surface area (Å²) in [6.45, 7) is 5.41. The summed E-state index contributed by atoms with van der Waals surface area (Å²) < 4.78 is 5.34. The topological polar surface area (TPSA) is 16.4 Å². The molecule has 0 aliphatic carbocycles. The normalized spacial score (nSPS) is 11.1. The molecule has 2 nitrogen and oxygen atoms in total. The van der Waals surface area contributed by atoms with E-state index in [1.807, 2.05) is 12.1 Å². The van der Waals surface area contributed by atoms with Crippen LogP contribution in [0.3, 0.4) is 0 Å². The molecule has 0 saturated carbocycles. The maximum absolute atomic E-state index is 5.34. The number of hydrogen-bond donors (Lipinski definition) is 0. The van der Waals surface area contributed by atoms with Crippen molar-refractivity contribution >= 4 is 15.9 Å². The van der Waals surface area contributed by atoms with E-state index in [0.29, 0.717) is 0 Å². The number of unbranched alkanes of at least 4 members (excludes halogenated alkanes) is 2. The van der Waals surface area contributed by atoms with Crippen LogP contribution in [-0.2, 0) is 6.54 Å². The monoisotopic (exact) mass is 273 g/mol. The van der Waals surface area contributed by atoms with E-state index in [9.17, 15) is 0 Å². The summed E-state index contributed by atoms with van der Waals surface area (Å²) in [4.78, 5) is 2.42. The van der Waals surface area contributed by atoms with Crippen molar-refractivity contribution in [3.05, 3.63) is 24.2 Å². The fraction of sp³-hybridized carbons (Fsp3) is 0.667. The van der Waals surface area contributed by atoms with Crippen molar-refractivity contribution < 1.29 is 4.42 Å². The molecule has 1 aromatic heterocycles. The van der Waals surface area contributed by atoms with E-state index in [-0.39, 0.29) is 0 Å². The fourth-order valence-electron chi connectivity index (χ4n) is 1.58. The van der Waals surface area contributed by atoms with Gasteiger partial charge >= 0.3 is 0 Å². The highest BCUT2D eigenvalue weighted by molar-refractivity contribution is 9.09. The first kappa shape index (κ1) is 12.8. The Bertz CT molecular complexity index is 236. The third-order valence-corrected chi connectivity index (χ3v) is 3.08. The van der Waals surface area contributed by atoms with Crippen LogP contribution in [0, 0.1) is 0 Å². The van der Waals surface area contributed by atoms with Gasteiger partial charge in [0.15, 0.2) is 0 Å². The Morgan fingerprint density at radius 3 is 2.80 bits per heavy atom. The van der Waals surface area contributed by atoms with Crippen LogP contribution in [0.5, 0.6) is 0 Å². The summed E-state index contributed by atoms with van der Waals surface area (Å²) in [5, 5.41) is 1.12. The van der Waals surface area contributed by atoms with E-state index >= 15 is 0 Å². The zero-order chi connectivity index (χ0) is 10.9. The van der Waals surface area contributed by atoms with Gasteiger partial charge in [-0.25, -0.2) is 0 Å². The lowest BCUT2D eigenvalue weighted by atomic mass is 10.2. The highest BCUT2D eigenvalue weighted by Crippen LogP contribution is 2.07. The van der Waals surface area contributed by atoms with Crippen molar-refractivity contribution in [3.63, 3.8) is 0 Å². The molecule has 0 aliphatic rings. The highest BCUT2D eigenvalue weighted by atomic mass is 79.9. The number of hydrogen-bond acceptors (Lipinski definition) is 2. The number of halogens is 1. The Balaban J connectivity index is 2.18. The molecule has 0 atom stereocenters. The van der Waals surface area contributed by atoms with Gasteiger partial charge in [-0.05, 0) is 38.1 Å². The van der Waals surface area contributed by atoms with E-state index in [2.05, 4.69) is 27.8 Å². The molecular formula is C12H20BrNO. The maximum atomic E-state index is 5.34. The quantitative estimate of drug-likeness (QED) is 0.531. The summed E-state index contributed by atoms with van der Waals surface area (Å²) >= 11 is 3.45. The van der Waals surface area contributed by atoms with Gasteiger partial charge in [-0.3, -0.25) is 4.90 Å². The van der Waals surface area contributed by atoms with Crippen LogP contribution in [0.1, 0.15) is 31.9 Å². The van der Waals surface area contributed by atoms with Crippen molar-refractivity contribution in [1.82, 2.24) is 4.90 Å². The van der Waals surface area contributed by atoms with Crippen LogP contribution in [-0.4, -0.2) is 23.3 Å². The molecule has 0 aromatic carbocycles. The Labute approximate surface area is 101 Å². The Morgan fingerprint density at radius 1 is 1.33 bits per heavy atom. The summed E-state index contributed by atoms with van der Waals surface area (Å²) in [7, 11) is 0. The molecule has 3 heteroatoms. The molecule has 15 heavy (non-hydrogen) atoms. The molecule has 86 valence electrons. The molecule has 0 fully saturated rings. The van der Waals surface area contributed by atoms with Crippen molar-refractivity contribution in [2.75, 3.05) is 18.4 Å². The second-order valence-corrected chi connectivity index (χ2v) is 4.49. The summed E-state index contributed by atoms with van der Waals surface area (Å²) in [5.74, 6) is 1.07. The van der Waals surface area contributed by atoms with Crippen LogP contribution in [0.15, 0.2) is 22.8 Å². The lowest BCUT2D eigenvalue weighted by Crippen LogP contribution is -2.23. The van der Waals surface area contributed by atoms with Crippen molar-refractivity contribution in [1.29, 1.82) is 0 Å². The molecule has 0 unspecified atom stereocenters. The maximum Gasteiger partial charge on any atom is 0.117 e. The van der Waals surface area contributed by atoms with E-state index in [4.69, 9.17) is 4.42 Å². The minimum atomic E-state index is 0.942. The van der Waals surface area contributed by atoms with Gasteiger partial charge in [0.2, 0.25) is 0 Å². The molecule has 1 aromatic rings. The van der Waals surface area contributed by atoms with Gasteiger partial charge in [0.25, 0.3) is 0 Å². The minimum absolute atomic E-state index is 0.942. The predicted molar refractivity (Wildman–Crippen MR) is 67.3 cm³/mol. The van der Waals surface area contributed by atoms with E-state index in [1.54, 1.807) is 6.26 Å². The summed E-state index contributed by atoms with van der Waals surface area (Å²) in [5.41, 5.74) is 0. The average Bonchev–Trinajstić information content (AvgIpc) is 2.75. The second-order valence-electron chi connectivity index (χ2n) is 3.70. The van der Waals surface area contributed by atoms with E-state index < -0.39 is 0 Å². The third kappa shape index (κ3) is 5.38. The predicted octanol–water partition coefficient (Wildman–Crippen LogP) is 3.67. The van der Waals surface area contributed by atoms with Gasteiger partial charge in [0.05, 0.1) is 12.8 Å². The van der Waals surface area contributed by atoms with Crippen LogP contribution < -0.4 is 0 Å². The Kier molecular flexibility index (Phi) is 6.77. The SMILES string of the molecule is CCN(CCCCCBr)Cc1ccco1. The molecule has 0 bridgehead atoms. The van der Waals surface area contributed by atoms with Crippen molar-refractivity contribution in [2.24, 2.45) is 0 Å². The van der Waals surface area contributed by atoms with Gasteiger partial charge < -0.3 is 4.42 Å².